The van der Waals surface area contributed by atoms with Crippen molar-refractivity contribution < 1.29 is 19.4 Å². The van der Waals surface area contributed by atoms with Gasteiger partial charge in [0, 0.05) is 12.5 Å². The minimum absolute atomic E-state index is 0.0126. The first-order valence-electron chi connectivity index (χ1n) is 8.17. The van der Waals surface area contributed by atoms with E-state index in [1.165, 1.54) is 0 Å². The van der Waals surface area contributed by atoms with Gasteiger partial charge in [0.25, 0.3) is 0 Å². The number of nitrogens with one attached hydrogen (secondary N) is 2. The summed E-state index contributed by atoms with van der Waals surface area (Å²) in [5, 5.41) is 13.5. The van der Waals surface area contributed by atoms with E-state index in [4.69, 9.17) is 9.84 Å². The van der Waals surface area contributed by atoms with Crippen LogP contribution in [0.4, 0.5) is 4.79 Å². The van der Waals surface area contributed by atoms with Gasteiger partial charge in [0.2, 0.25) is 5.91 Å². The molecule has 25 heavy (non-hydrogen) atoms. The molecule has 0 saturated carbocycles. The van der Waals surface area contributed by atoms with E-state index in [1.54, 1.807) is 0 Å². The Morgan fingerprint density at radius 2 is 1.56 bits per heavy atom. The maximum Gasteiger partial charge on any atom is 0.407 e. The molecule has 0 bridgehead atoms. The Labute approximate surface area is 145 Å². The average Bonchev–Trinajstić information content (AvgIpc) is 2.97. The first-order chi connectivity index (χ1) is 12.2. The van der Waals surface area contributed by atoms with E-state index in [-0.39, 0.29) is 38.1 Å². The number of benzene rings is 2. The number of fused-ring (bicyclic) bond motifs is 3. The lowest BCUT2D eigenvalue weighted by molar-refractivity contribution is -0.120. The molecule has 0 aromatic heterocycles. The van der Waals surface area contributed by atoms with Crippen LogP contribution < -0.4 is 10.6 Å². The topological polar surface area (TPSA) is 87.7 Å². The molecule has 0 spiro atoms. The number of aliphatic hydroxyl groups is 1. The molecule has 0 radical (unpaired) electrons. The fraction of sp³-hybridized carbons (Fsp3) is 0.263. The summed E-state index contributed by atoms with van der Waals surface area (Å²) < 4.78 is 5.32. The minimum Gasteiger partial charge on any atom is -0.449 e. The monoisotopic (exact) mass is 340 g/mol. The highest BCUT2D eigenvalue weighted by atomic mass is 16.5. The minimum atomic E-state index is -0.638. The van der Waals surface area contributed by atoms with E-state index in [0.29, 0.717) is 0 Å². The highest BCUT2D eigenvalue weighted by molar-refractivity contribution is 5.82. The van der Waals surface area contributed by atoms with Crippen LogP contribution in [0.25, 0.3) is 11.1 Å². The number of rotatable bonds is 6. The Morgan fingerprint density at radius 3 is 2.16 bits per heavy atom. The SMILES string of the molecule is O=C(CNC(=O)OCC1c2ccccc2-c2ccccc21)NCCO. The number of carbonyl (C=O) groups is 2. The van der Waals surface area contributed by atoms with Crippen LogP contribution in [-0.2, 0) is 9.53 Å². The number of hydrogen-bond acceptors (Lipinski definition) is 4. The molecule has 1 aliphatic carbocycles. The van der Waals surface area contributed by atoms with Gasteiger partial charge in [-0.05, 0) is 22.3 Å². The molecule has 6 nitrogen and oxygen atoms in total. The van der Waals surface area contributed by atoms with E-state index < -0.39 is 6.09 Å². The number of hydrogen-bond donors (Lipinski definition) is 3. The van der Waals surface area contributed by atoms with Crippen LogP contribution in [0.1, 0.15) is 17.0 Å². The van der Waals surface area contributed by atoms with Gasteiger partial charge in [-0.3, -0.25) is 4.79 Å². The second kappa shape index (κ2) is 7.81. The molecule has 1 aliphatic rings. The van der Waals surface area contributed by atoms with Crippen molar-refractivity contribution in [2.24, 2.45) is 0 Å². The Kier molecular flexibility index (Phi) is 5.30. The van der Waals surface area contributed by atoms with Gasteiger partial charge in [-0.1, -0.05) is 48.5 Å². The van der Waals surface area contributed by atoms with Crippen LogP contribution in [0.5, 0.6) is 0 Å². The van der Waals surface area contributed by atoms with Crippen LogP contribution in [-0.4, -0.2) is 43.4 Å². The van der Waals surface area contributed by atoms with Crippen molar-refractivity contribution in [2.45, 2.75) is 5.92 Å². The zero-order valence-corrected chi connectivity index (χ0v) is 13.7. The lowest BCUT2D eigenvalue weighted by Crippen LogP contribution is -2.38. The Balaban J connectivity index is 1.60. The first kappa shape index (κ1) is 17.0. The lowest BCUT2D eigenvalue weighted by atomic mass is 9.98. The fourth-order valence-corrected chi connectivity index (χ4v) is 3.06. The van der Waals surface area contributed by atoms with Gasteiger partial charge >= 0.3 is 6.09 Å². The lowest BCUT2D eigenvalue weighted by Gasteiger charge is -2.14. The number of amides is 2. The molecule has 6 heteroatoms. The number of alkyl carbamates (subject to hydrolysis) is 1. The van der Waals surface area contributed by atoms with E-state index >= 15 is 0 Å². The van der Waals surface area contributed by atoms with Crippen molar-refractivity contribution in [1.29, 1.82) is 0 Å². The largest absolute Gasteiger partial charge is 0.449 e. The van der Waals surface area contributed by atoms with Gasteiger partial charge in [0.15, 0.2) is 0 Å². The molecular weight excluding hydrogens is 320 g/mol. The van der Waals surface area contributed by atoms with Crippen molar-refractivity contribution in [1.82, 2.24) is 10.6 Å². The maximum atomic E-state index is 11.8. The van der Waals surface area contributed by atoms with Crippen molar-refractivity contribution in [3.8, 4) is 11.1 Å². The summed E-state index contributed by atoms with van der Waals surface area (Å²) in [7, 11) is 0. The Morgan fingerprint density at radius 1 is 0.960 bits per heavy atom. The molecule has 0 aliphatic heterocycles. The van der Waals surface area contributed by atoms with E-state index in [1.807, 2.05) is 36.4 Å². The molecule has 2 amide bonds. The molecule has 3 rings (SSSR count). The second-order valence-electron chi connectivity index (χ2n) is 5.75. The molecular formula is C19H20N2O4. The predicted molar refractivity (Wildman–Crippen MR) is 93.2 cm³/mol. The molecule has 0 fully saturated rings. The number of ether oxygens (including phenoxy) is 1. The molecule has 0 heterocycles. The van der Waals surface area contributed by atoms with Gasteiger partial charge in [-0.15, -0.1) is 0 Å². The van der Waals surface area contributed by atoms with E-state index in [0.717, 1.165) is 22.3 Å². The number of aliphatic hydroxyl groups excluding tert-OH is 1. The standard InChI is InChI=1S/C19H20N2O4/c22-10-9-20-18(23)11-21-19(24)25-12-17-15-7-3-1-5-13(15)14-6-2-4-8-16(14)17/h1-8,17,22H,9-12H2,(H,20,23)(H,21,24). The highest BCUT2D eigenvalue weighted by Gasteiger charge is 2.28. The van der Waals surface area contributed by atoms with Crippen molar-refractivity contribution in [2.75, 3.05) is 26.3 Å². The van der Waals surface area contributed by atoms with Crippen molar-refractivity contribution in [3.63, 3.8) is 0 Å². The third-order valence-electron chi connectivity index (χ3n) is 4.17. The van der Waals surface area contributed by atoms with Gasteiger partial charge < -0.3 is 20.5 Å². The molecule has 2 aromatic rings. The fourth-order valence-electron chi connectivity index (χ4n) is 3.06. The third-order valence-corrected chi connectivity index (χ3v) is 4.17. The average molecular weight is 340 g/mol. The number of carbonyl (C=O) groups excluding carboxylic acids is 2. The van der Waals surface area contributed by atoms with Gasteiger partial charge in [0.1, 0.15) is 6.61 Å². The first-order valence-corrected chi connectivity index (χ1v) is 8.17. The van der Waals surface area contributed by atoms with Crippen LogP contribution in [0.15, 0.2) is 48.5 Å². The summed E-state index contributed by atoms with van der Waals surface area (Å²) in [6.07, 6.45) is -0.638. The Hall–Kier alpha value is -2.86. The second-order valence-corrected chi connectivity index (χ2v) is 5.75. The van der Waals surface area contributed by atoms with Gasteiger partial charge in [0.05, 0.1) is 13.2 Å². The van der Waals surface area contributed by atoms with Gasteiger partial charge in [-0.25, -0.2) is 4.79 Å². The molecule has 0 atom stereocenters. The molecule has 0 saturated heterocycles. The van der Waals surface area contributed by atoms with Crippen LogP contribution in [0.3, 0.4) is 0 Å². The van der Waals surface area contributed by atoms with E-state index in [9.17, 15) is 9.59 Å². The summed E-state index contributed by atoms with van der Waals surface area (Å²) >= 11 is 0. The molecule has 2 aromatic carbocycles. The molecule has 0 unspecified atom stereocenters. The summed E-state index contributed by atoms with van der Waals surface area (Å²) in [4.78, 5) is 23.2. The van der Waals surface area contributed by atoms with Crippen molar-refractivity contribution in [3.05, 3.63) is 59.7 Å². The quantitative estimate of drug-likeness (QED) is 0.746. The summed E-state index contributed by atoms with van der Waals surface area (Å²) in [5.41, 5.74) is 4.60. The highest BCUT2D eigenvalue weighted by Crippen LogP contribution is 2.44. The maximum absolute atomic E-state index is 11.8. The summed E-state index contributed by atoms with van der Waals surface area (Å²) in [6.45, 7) is 0.0384. The van der Waals surface area contributed by atoms with Crippen LogP contribution in [0.2, 0.25) is 0 Å². The third kappa shape index (κ3) is 3.80. The zero-order valence-electron chi connectivity index (χ0n) is 13.7. The van der Waals surface area contributed by atoms with Crippen LogP contribution in [0, 0.1) is 0 Å². The summed E-state index contributed by atoms with van der Waals surface area (Å²) in [5.74, 6) is -0.385. The van der Waals surface area contributed by atoms with Crippen molar-refractivity contribution >= 4 is 12.0 Å². The predicted octanol–water partition coefficient (Wildman–Crippen LogP) is 1.63. The Bertz CT molecular complexity index is 730. The zero-order chi connectivity index (χ0) is 17.6. The summed E-state index contributed by atoms with van der Waals surface area (Å²) in [6, 6.07) is 16.2. The smallest absolute Gasteiger partial charge is 0.407 e. The van der Waals surface area contributed by atoms with Gasteiger partial charge in [-0.2, -0.15) is 0 Å². The molecule has 3 N–H and O–H groups in total. The van der Waals surface area contributed by atoms with Crippen LogP contribution >= 0.6 is 0 Å². The van der Waals surface area contributed by atoms with E-state index in [2.05, 4.69) is 22.8 Å². The molecule has 130 valence electrons. The normalized spacial score (nSPS) is 12.2.